The average Bonchev–Trinajstić information content (AvgIpc) is 3.21. The number of thiazole rings is 1. The Balaban J connectivity index is 1.27. The smallest absolute Gasteiger partial charge is 0.142 e. The minimum Gasteiger partial charge on any atom is -0.378 e. The summed E-state index contributed by atoms with van der Waals surface area (Å²) in [6.07, 6.45) is 7.78. The van der Waals surface area contributed by atoms with Crippen LogP contribution >= 0.6 is 11.3 Å². The van der Waals surface area contributed by atoms with E-state index in [1.54, 1.807) is 16.8 Å². The molecule has 5 rings (SSSR count). The van der Waals surface area contributed by atoms with E-state index >= 15 is 0 Å². The van der Waals surface area contributed by atoms with Crippen molar-refractivity contribution in [3.63, 3.8) is 0 Å². The zero-order chi connectivity index (χ0) is 18.9. The van der Waals surface area contributed by atoms with Crippen molar-refractivity contribution in [2.75, 3.05) is 26.3 Å². The molecule has 7 heteroatoms. The first-order chi connectivity index (χ1) is 13.8. The van der Waals surface area contributed by atoms with Gasteiger partial charge in [-0.15, -0.1) is 11.3 Å². The fourth-order valence-corrected chi connectivity index (χ4v) is 4.59. The van der Waals surface area contributed by atoms with Crippen molar-refractivity contribution < 1.29 is 9.53 Å². The predicted molar refractivity (Wildman–Crippen MR) is 108 cm³/mol. The van der Waals surface area contributed by atoms with E-state index in [1.165, 1.54) is 0 Å². The zero-order valence-electron chi connectivity index (χ0n) is 15.6. The minimum atomic E-state index is 0.153. The van der Waals surface area contributed by atoms with Crippen molar-refractivity contribution in [1.29, 1.82) is 0 Å². The summed E-state index contributed by atoms with van der Waals surface area (Å²) in [5.41, 5.74) is 3.56. The van der Waals surface area contributed by atoms with Crippen molar-refractivity contribution in [1.82, 2.24) is 19.9 Å². The number of hydrogen-bond donors (Lipinski definition) is 0. The molecule has 28 heavy (non-hydrogen) atoms. The number of likely N-dealkylation sites (tertiary alicyclic amines) is 1. The fourth-order valence-electron chi connectivity index (χ4n) is 4.00. The maximum absolute atomic E-state index is 12.8. The van der Waals surface area contributed by atoms with Crippen molar-refractivity contribution in [2.45, 2.75) is 25.3 Å². The zero-order valence-corrected chi connectivity index (χ0v) is 16.4. The third-order valence-corrected chi connectivity index (χ3v) is 6.62. The van der Waals surface area contributed by atoms with E-state index < -0.39 is 0 Å². The molecule has 3 aromatic rings. The van der Waals surface area contributed by atoms with Crippen LogP contribution in [0.4, 0.5) is 0 Å². The van der Waals surface area contributed by atoms with Crippen LogP contribution in [0.5, 0.6) is 0 Å². The summed E-state index contributed by atoms with van der Waals surface area (Å²) in [4.78, 5) is 29.4. The molecule has 144 valence electrons. The van der Waals surface area contributed by atoms with E-state index in [2.05, 4.69) is 25.9 Å². The van der Waals surface area contributed by atoms with E-state index in [4.69, 9.17) is 4.74 Å². The van der Waals surface area contributed by atoms with Crippen LogP contribution < -0.4 is 0 Å². The monoisotopic (exact) mass is 394 g/mol. The number of ketones is 1. The van der Waals surface area contributed by atoms with Crippen molar-refractivity contribution in [2.24, 2.45) is 5.92 Å². The van der Waals surface area contributed by atoms with Crippen LogP contribution in [0.2, 0.25) is 0 Å². The minimum absolute atomic E-state index is 0.153. The molecule has 0 unspecified atom stereocenters. The number of fused-ring (bicyclic) bond motifs is 1. The first kappa shape index (κ1) is 17.8. The molecule has 0 saturated carbocycles. The number of carbonyl (C=O) groups is 1. The number of aromatic nitrogens is 3. The lowest BCUT2D eigenvalue weighted by Gasteiger charge is -2.41. The molecule has 6 nitrogen and oxygen atoms in total. The standard InChI is InChI=1S/C21H22N4O2S/c26-20(14-1-3-25(4-2-14)18-11-27-12-18)7-17-5-15-6-19(21-10-22-13-28-21)24-9-16(15)8-23-17/h5-6,8-10,13-14,18H,1-4,7,11-12H2. The molecule has 0 aromatic carbocycles. The summed E-state index contributed by atoms with van der Waals surface area (Å²) in [6, 6.07) is 4.65. The van der Waals surface area contributed by atoms with Gasteiger partial charge in [0.25, 0.3) is 0 Å². The number of hydrogen-bond acceptors (Lipinski definition) is 7. The predicted octanol–water partition coefficient (Wildman–Crippen LogP) is 2.98. The van der Waals surface area contributed by atoms with Crippen LogP contribution in [0.15, 0.2) is 36.2 Å². The Morgan fingerprint density at radius 2 is 1.93 bits per heavy atom. The first-order valence-electron chi connectivity index (χ1n) is 9.74. The Bertz CT molecular complexity index is 979. The molecule has 0 bridgehead atoms. The number of carbonyl (C=O) groups excluding carboxylic acids is 1. The highest BCUT2D eigenvalue weighted by Crippen LogP contribution is 2.26. The molecule has 2 saturated heterocycles. The maximum Gasteiger partial charge on any atom is 0.142 e. The molecule has 2 aliphatic heterocycles. The third kappa shape index (κ3) is 3.57. The normalized spacial score (nSPS) is 19.0. The number of Topliss-reactive ketones (excluding diaryl/α,β-unsaturated/α-hetero) is 1. The van der Waals surface area contributed by atoms with Gasteiger partial charge in [0.15, 0.2) is 0 Å². The van der Waals surface area contributed by atoms with E-state index in [9.17, 15) is 4.79 Å². The van der Waals surface area contributed by atoms with Crippen molar-refractivity contribution >= 4 is 27.9 Å². The third-order valence-electron chi connectivity index (χ3n) is 5.82. The molecule has 0 N–H and O–H groups in total. The molecule has 0 aliphatic carbocycles. The number of rotatable bonds is 5. The second-order valence-corrected chi connectivity index (χ2v) is 8.49. The van der Waals surface area contributed by atoms with Gasteiger partial charge in [0.05, 0.1) is 35.3 Å². The van der Waals surface area contributed by atoms with Crippen LogP contribution in [0.25, 0.3) is 21.3 Å². The average molecular weight is 395 g/mol. The second-order valence-electron chi connectivity index (χ2n) is 7.60. The molecule has 5 heterocycles. The highest BCUT2D eigenvalue weighted by atomic mass is 32.1. The van der Waals surface area contributed by atoms with Gasteiger partial charge in [-0.3, -0.25) is 24.6 Å². The largest absolute Gasteiger partial charge is 0.378 e. The fraction of sp³-hybridized carbons (Fsp3) is 0.429. The van der Waals surface area contributed by atoms with E-state index in [1.807, 2.05) is 24.7 Å². The molecule has 0 radical (unpaired) electrons. The van der Waals surface area contributed by atoms with Crippen molar-refractivity contribution in [3.05, 3.63) is 41.9 Å². The highest BCUT2D eigenvalue weighted by molar-refractivity contribution is 7.13. The van der Waals surface area contributed by atoms with Gasteiger partial charge in [-0.05, 0) is 43.5 Å². The molecule has 3 aromatic heterocycles. The SMILES string of the molecule is O=C(Cc1cc2cc(-c3cncs3)ncc2cn1)C1CCN(C2COC2)CC1. The molecule has 0 spiro atoms. The van der Waals surface area contributed by atoms with Gasteiger partial charge in [0.2, 0.25) is 0 Å². The molecular weight excluding hydrogens is 372 g/mol. The van der Waals surface area contributed by atoms with E-state index in [0.29, 0.717) is 18.2 Å². The number of pyridine rings is 2. The summed E-state index contributed by atoms with van der Waals surface area (Å²) < 4.78 is 5.28. The lowest BCUT2D eigenvalue weighted by atomic mass is 9.89. The Morgan fingerprint density at radius 1 is 1.11 bits per heavy atom. The van der Waals surface area contributed by atoms with Gasteiger partial charge in [0.1, 0.15) is 5.78 Å². The molecule has 0 amide bonds. The van der Waals surface area contributed by atoms with Crippen LogP contribution in [-0.2, 0) is 16.0 Å². The van der Waals surface area contributed by atoms with E-state index in [0.717, 1.165) is 66.2 Å². The quantitative estimate of drug-likeness (QED) is 0.663. The van der Waals surface area contributed by atoms with Gasteiger partial charge < -0.3 is 4.74 Å². The number of piperidine rings is 1. The lowest BCUT2D eigenvalue weighted by Crippen LogP contribution is -2.52. The second kappa shape index (κ2) is 7.66. The number of nitrogens with zero attached hydrogens (tertiary/aromatic N) is 4. The van der Waals surface area contributed by atoms with Gasteiger partial charge in [0, 0.05) is 42.0 Å². The van der Waals surface area contributed by atoms with E-state index in [-0.39, 0.29) is 5.92 Å². The Labute approximate surface area is 167 Å². The molecule has 2 aliphatic rings. The molecular formula is C21H22N4O2S. The van der Waals surface area contributed by atoms with Crippen molar-refractivity contribution in [3.8, 4) is 10.6 Å². The highest BCUT2D eigenvalue weighted by Gasteiger charge is 2.31. The summed E-state index contributed by atoms with van der Waals surface area (Å²) in [5, 5.41) is 2.05. The van der Waals surface area contributed by atoms with Gasteiger partial charge in [-0.2, -0.15) is 0 Å². The Kier molecular flexibility index (Phi) is 4.88. The summed E-state index contributed by atoms with van der Waals surface area (Å²) >= 11 is 1.57. The lowest BCUT2D eigenvalue weighted by molar-refractivity contribution is -0.125. The van der Waals surface area contributed by atoms with Gasteiger partial charge in [-0.1, -0.05) is 0 Å². The molecule has 0 atom stereocenters. The van der Waals surface area contributed by atoms with Crippen LogP contribution in [0.1, 0.15) is 18.5 Å². The van der Waals surface area contributed by atoms with Crippen LogP contribution in [-0.4, -0.2) is 58.0 Å². The van der Waals surface area contributed by atoms with Gasteiger partial charge in [-0.25, -0.2) is 0 Å². The summed E-state index contributed by atoms with van der Waals surface area (Å²) in [6.45, 7) is 3.69. The molecule has 2 fully saturated rings. The van der Waals surface area contributed by atoms with Crippen LogP contribution in [0.3, 0.4) is 0 Å². The topological polar surface area (TPSA) is 68.2 Å². The van der Waals surface area contributed by atoms with Crippen LogP contribution in [0, 0.1) is 5.92 Å². The number of ether oxygens (including phenoxy) is 1. The summed E-state index contributed by atoms with van der Waals surface area (Å²) in [5.74, 6) is 0.466. The summed E-state index contributed by atoms with van der Waals surface area (Å²) in [7, 11) is 0. The maximum atomic E-state index is 12.8. The Hall–Kier alpha value is -2.22. The Morgan fingerprint density at radius 3 is 2.64 bits per heavy atom. The first-order valence-corrected chi connectivity index (χ1v) is 10.6. The van der Waals surface area contributed by atoms with Gasteiger partial charge >= 0.3 is 0 Å².